The molecule has 1 atom stereocenters. The normalized spacial score (nSPS) is 19.4. The van der Waals surface area contributed by atoms with Crippen LogP contribution in [0.15, 0.2) is 24.3 Å². The van der Waals surface area contributed by atoms with Crippen LogP contribution < -0.4 is 0 Å². The van der Waals surface area contributed by atoms with Crippen molar-refractivity contribution in [2.75, 3.05) is 0 Å². The van der Waals surface area contributed by atoms with Gasteiger partial charge in [0.15, 0.2) is 0 Å². The molecule has 0 saturated carbocycles. The number of benzene rings is 1. The van der Waals surface area contributed by atoms with Crippen molar-refractivity contribution in [3.05, 3.63) is 35.4 Å². The van der Waals surface area contributed by atoms with Gasteiger partial charge in [0.05, 0.1) is 0 Å². The number of likely N-dealkylation sites (tertiary alicyclic amines) is 1. The van der Waals surface area contributed by atoms with Crippen LogP contribution in [0.25, 0.3) is 0 Å². The second-order valence-corrected chi connectivity index (χ2v) is 6.36. The van der Waals surface area contributed by atoms with Crippen molar-refractivity contribution in [1.29, 1.82) is 0 Å². The summed E-state index contributed by atoms with van der Waals surface area (Å²) in [6, 6.07) is 7.37. The molecule has 1 fully saturated rings. The average Bonchev–Trinajstić information content (AvgIpc) is 2.71. The highest BCUT2D eigenvalue weighted by Crippen LogP contribution is 2.25. The van der Waals surface area contributed by atoms with Crippen LogP contribution in [0, 0.1) is 0 Å². The number of carbonyl (C=O) groups is 2. The summed E-state index contributed by atoms with van der Waals surface area (Å²) in [5, 5.41) is 9.14. The van der Waals surface area contributed by atoms with Crippen LogP contribution in [0.3, 0.4) is 0 Å². The van der Waals surface area contributed by atoms with E-state index in [9.17, 15) is 9.59 Å². The fraction of sp³-hybridized carbons (Fsp3) is 0.500. The van der Waals surface area contributed by atoms with E-state index in [2.05, 4.69) is 20.8 Å². The van der Waals surface area contributed by atoms with Gasteiger partial charge < -0.3 is 10.0 Å². The summed E-state index contributed by atoms with van der Waals surface area (Å²) in [5.41, 5.74) is 2.29. The summed E-state index contributed by atoms with van der Waals surface area (Å²) in [7, 11) is 0. The Labute approximate surface area is 119 Å². The Bertz CT molecular complexity index is 514. The standard InChI is InChI=1S/C16H21NO3/c1-16(2,3)12-6-4-11(5-7-12)10-17-13(15(19)20)8-9-14(17)18/h4-7,13H,8-10H2,1-3H3,(H,19,20). The molecule has 0 bridgehead atoms. The molecule has 4 nitrogen and oxygen atoms in total. The Balaban J connectivity index is 2.13. The van der Waals surface area contributed by atoms with E-state index >= 15 is 0 Å². The number of hydrogen-bond acceptors (Lipinski definition) is 2. The van der Waals surface area contributed by atoms with Gasteiger partial charge in [0.1, 0.15) is 6.04 Å². The average molecular weight is 275 g/mol. The maximum Gasteiger partial charge on any atom is 0.326 e. The van der Waals surface area contributed by atoms with Gasteiger partial charge >= 0.3 is 5.97 Å². The zero-order valence-corrected chi connectivity index (χ0v) is 12.2. The van der Waals surface area contributed by atoms with Gasteiger partial charge in [0, 0.05) is 13.0 Å². The highest BCUT2D eigenvalue weighted by Gasteiger charge is 2.35. The fourth-order valence-corrected chi connectivity index (χ4v) is 2.50. The third kappa shape index (κ3) is 3.00. The number of carbonyl (C=O) groups excluding carboxylic acids is 1. The first-order chi connectivity index (χ1) is 9.29. The Morgan fingerprint density at radius 3 is 2.40 bits per heavy atom. The molecular formula is C16H21NO3. The van der Waals surface area contributed by atoms with Gasteiger partial charge in [-0.1, -0.05) is 45.0 Å². The highest BCUT2D eigenvalue weighted by molar-refractivity contribution is 5.87. The Hall–Kier alpha value is -1.84. The minimum absolute atomic E-state index is 0.0719. The van der Waals surface area contributed by atoms with Gasteiger partial charge in [0.2, 0.25) is 5.91 Å². The van der Waals surface area contributed by atoms with Gasteiger partial charge in [-0.2, -0.15) is 0 Å². The molecule has 108 valence electrons. The monoisotopic (exact) mass is 275 g/mol. The van der Waals surface area contributed by atoms with Crippen molar-refractivity contribution in [3.8, 4) is 0 Å². The molecule has 1 saturated heterocycles. The Morgan fingerprint density at radius 2 is 1.90 bits per heavy atom. The van der Waals surface area contributed by atoms with E-state index < -0.39 is 12.0 Å². The second-order valence-electron chi connectivity index (χ2n) is 6.36. The van der Waals surface area contributed by atoms with Crippen molar-refractivity contribution < 1.29 is 14.7 Å². The van der Waals surface area contributed by atoms with Gasteiger partial charge in [0.25, 0.3) is 0 Å². The molecule has 1 aromatic carbocycles. The summed E-state index contributed by atoms with van der Waals surface area (Å²) >= 11 is 0. The lowest BCUT2D eigenvalue weighted by Gasteiger charge is -2.23. The molecule has 4 heteroatoms. The molecule has 2 rings (SSSR count). The van der Waals surface area contributed by atoms with Gasteiger partial charge in [-0.3, -0.25) is 4.79 Å². The van der Waals surface area contributed by atoms with Gasteiger partial charge in [-0.25, -0.2) is 4.79 Å². The number of carboxylic acids is 1. The first kappa shape index (κ1) is 14.6. The van der Waals surface area contributed by atoms with E-state index in [-0.39, 0.29) is 11.3 Å². The van der Waals surface area contributed by atoms with Crippen molar-refractivity contribution in [2.45, 2.75) is 51.6 Å². The van der Waals surface area contributed by atoms with Crippen LogP contribution >= 0.6 is 0 Å². The molecule has 1 aliphatic heterocycles. The lowest BCUT2D eigenvalue weighted by Crippen LogP contribution is -2.37. The van der Waals surface area contributed by atoms with Crippen LogP contribution in [0.5, 0.6) is 0 Å². The fourth-order valence-electron chi connectivity index (χ4n) is 2.50. The highest BCUT2D eigenvalue weighted by atomic mass is 16.4. The number of amides is 1. The first-order valence-electron chi connectivity index (χ1n) is 6.91. The van der Waals surface area contributed by atoms with Crippen molar-refractivity contribution in [1.82, 2.24) is 4.90 Å². The van der Waals surface area contributed by atoms with Crippen molar-refractivity contribution in [2.24, 2.45) is 0 Å². The number of nitrogens with zero attached hydrogens (tertiary/aromatic N) is 1. The van der Waals surface area contributed by atoms with Crippen LogP contribution in [0.2, 0.25) is 0 Å². The minimum Gasteiger partial charge on any atom is -0.480 e. The number of aliphatic carboxylic acids is 1. The molecule has 1 unspecified atom stereocenters. The molecule has 20 heavy (non-hydrogen) atoms. The minimum atomic E-state index is -0.915. The largest absolute Gasteiger partial charge is 0.480 e. The second kappa shape index (κ2) is 5.27. The van der Waals surface area contributed by atoms with E-state index in [1.807, 2.05) is 24.3 Å². The number of rotatable bonds is 3. The van der Waals surface area contributed by atoms with E-state index in [0.29, 0.717) is 19.4 Å². The first-order valence-corrected chi connectivity index (χ1v) is 6.91. The third-order valence-electron chi connectivity index (χ3n) is 3.79. The summed E-state index contributed by atoms with van der Waals surface area (Å²) in [6.45, 7) is 6.81. The van der Waals surface area contributed by atoms with Crippen LogP contribution in [-0.2, 0) is 21.5 Å². The molecule has 1 heterocycles. The topological polar surface area (TPSA) is 57.6 Å². The summed E-state index contributed by atoms with van der Waals surface area (Å²) in [4.78, 5) is 24.4. The Morgan fingerprint density at radius 1 is 1.30 bits per heavy atom. The molecule has 0 aliphatic carbocycles. The molecular weight excluding hydrogens is 254 g/mol. The number of hydrogen-bond donors (Lipinski definition) is 1. The lowest BCUT2D eigenvalue weighted by molar-refractivity contribution is -0.146. The molecule has 0 spiro atoms. The molecule has 1 aliphatic rings. The molecule has 0 aromatic heterocycles. The van der Waals surface area contributed by atoms with Gasteiger partial charge in [-0.15, -0.1) is 0 Å². The quantitative estimate of drug-likeness (QED) is 0.922. The molecule has 0 radical (unpaired) electrons. The summed E-state index contributed by atoms with van der Waals surface area (Å²) in [5.74, 6) is -0.987. The Kier molecular flexibility index (Phi) is 3.84. The van der Waals surface area contributed by atoms with E-state index in [4.69, 9.17) is 5.11 Å². The predicted octanol–water partition coefficient (Wildman–Crippen LogP) is 2.56. The van der Waals surface area contributed by atoms with Gasteiger partial charge in [-0.05, 0) is 23.0 Å². The van der Waals surface area contributed by atoms with Crippen molar-refractivity contribution in [3.63, 3.8) is 0 Å². The maximum atomic E-state index is 11.8. The molecule has 1 amide bonds. The molecule has 1 N–H and O–H groups in total. The van der Waals surface area contributed by atoms with E-state index in [0.717, 1.165) is 5.56 Å². The molecule has 1 aromatic rings. The van der Waals surface area contributed by atoms with E-state index in [1.54, 1.807) is 0 Å². The van der Waals surface area contributed by atoms with Crippen LogP contribution in [0.4, 0.5) is 0 Å². The maximum absolute atomic E-state index is 11.8. The number of carboxylic acid groups (broad SMARTS) is 1. The zero-order chi connectivity index (χ0) is 14.9. The lowest BCUT2D eigenvalue weighted by atomic mass is 9.87. The SMILES string of the molecule is CC(C)(C)c1ccc(CN2C(=O)CCC2C(=O)O)cc1. The van der Waals surface area contributed by atoms with E-state index in [1.165, 1.54) is 10.5 Å². The van der Waals surface area contributed by atoms with Crippen LogP contribution in [0.1, 0.15) is 44.7 Å². The third-order valence-corrected chi connectivity index (χ3v) is 3.79. The van der Waals surface area contributed by atoms with Crippen molar-refractivity contribution >= 4 is 11.9 Å². The summed E-state index contributed by atoms with van der Waals surface area (Å²) < 4.78 is 0. The zero-order valence-electron chi connectivity index (χ0n) is 12.2. The summed E-state index contributed by atoms with van der Waals surface area (Å²) in [6.07, 6.45) is 0.741. The predicted molar refractivity (Wildman–Crippen MR) is 76.3 cm³/mol. The smallest absolute Gasteiger partial charge is 0.326 e. The van der Waals surface area contributed by atoms with Crippen LogP contribution in [-0.4, -0.2) is 27.9 Å².